The first-order chi connectivity index (χ1) is 37.5. The summed E-state index contributed by atoms with van der Waals surface area (Å²) in [5.41, 5.74) is 0. The summed E-state index contributed by atoms with van der Waals surface area (Å²) < 4.78 is 16.9. The van der Waals surface area contributed by atoms with Gasteiger partial charge in [0.2, 0.25) is 0 Å². The molecular weight excluding hydrogens is 937 g/mol. The molecule has 0 aromatic carbocycles. The third kappa shape index (κ3) is 60.4. The number of allylic oxidation sites excluding steroid dienone is 22. The van der Waals surface area contributed by atoms with E-state index in [9.17, 15) is 14.4 Å². The van der Waals surface area contributed by atoms with Crippen LogP contribution in [0.25, 0.3) is 0 Å². The lowest BCUT2D eigenvalue weighted by atomic mass is 10.0. The lowest BCUT2D eigenvalue weighted by Gasteiger charge is -2.18. The minimum atomic E-state index is -0.818. The highest BCUT2D eigenvalue weighted by Crippen LogP contribution is 2.15. The van der Waals surface area contributed by atoms with Crippen LogP contribution in [0.4, 0.5) is 0 Å². The van der Waals surface area contributed by atoms with E-state index >= 15 is 0 Å². The van der Waals surface area contributed by atoms with E-state index < -0.39 is 6.10 Å². The Hall–Kier alpha value is -4.45. The van der Waals surface area contributed by atoms with Crippen LogP contribution < -0.4 is 0 Å². The summed E-state index contributed by atoms with van der Waals surface area (Å²) >= 11 is 0. The van der Waals surface area contributed by atoms with Gasteiger partial charge in [-0.05, 0) is 109 Å². The highest BCUT2D eigenvalue weighted by atomic mass is 16.6. The Labute approximate surface area is 468 Å². The van der Waals surface area contributed by atoms with Crippen LogP contribution in [0.15, 0.2) is 134 Å². The van der Waals surface area contributed by atoms with Crippen molar-refractivity contribution in [2.24, 2.45) is 0 Å². The number of hydrogen-bond acceptors (Lipinski definition) is 6. The molecule has 0 aliphatic carbocycles. The van der Waals surface area contributed by atoms with Gasteiger partial charge in [-0.25, -0.2) is 0 Å². The second-order valence-electron chi connectivity index (χ2n) is 20.2. The van der Waals surface area contributed by atoms with Crippen LogP contribution in [0.5, 0.6) is 0 Å². The van der Waals surface area contributed by atoms with Crippen molar-refractivity contribution < 1.29 is 28.6 Å². The first-order valence-electron chi connectivity index (χ1n) is 31.2. The smallest absolute Gasteiger partial charge is 0.306 e. The summed E-state index contributed by atoms with van der Waals surface area (Å²) in [6.45, 7) is 6.36. The molecule has 1 atom stereocenters. The lowest BCUT2D eigenvalue weighted by Crippen LogP contribution is -2.30. The van der Waals surface area contributed by atoms with Gasteiger partial charge in [-0.2, -0.15) is 0 Å². The largest absolute Gasteiger partial charge is 0.462 e. The molecule has 430 valence electrons. The zero-order chi connectivity index (χ0) is 55.0. The molecule has 1 unspecified atom stereocenters. The van der Waals surface area contributed by atoms with Crippen molar-refractivity contribution in [1.82, 2.24) is 0 Å². The van der Waals surface area contributed by atoms with Crippen LogP contribution in [-0.2, 0) is 28.6 Å². The molecule has 0 radical (unpaired) electrons. The van der Waals surface area contributed by atoms with Crippen molar-refractivity contribution in [3.63, 3.8) is 0 Å². The van der Waals surface area contributed by atoms with Crippen LogP contribution in [-0.4, -0.2) is 37.2 Å². The summed E-state index contributed by atoms with van der Waals surface area (Å²) in [6.07, 6.45) is 88.8. The molecule has 76 heavy (non-hydrogen) atoms. The average Bonchev–Trinajstić information content (AvgIpc) is 3.42. The van der Waals surface area contributed by atoms with Crippen LogP contribution in [0, 0.1) is 0 Å². The Morgan fingerprint density at radius 2 is 0.526 bits per heavy atom. The van der Waals surface area contributed by atoms with Crippen molar-refractivity contribution in [2.75, 3.05) is 13.2 Å². The number of hydrogen-bond donors (Lipinski definition) is 0. The molecule has 0 bridgehead atoms. The van der Waals surface area contributed by atoms with Gasteiger partial charge in [0.15, 0.2) is 6.10 Å². The van der Waals surface area contributed by atoms with Gasteiger partial charge >= 0.3 is 17.9 Å². The molecule has 0 saturated heterocycles. The van der Waals surface area contributed by atoms with Gasteiger partial charge < -0.3 is 14.2 Å². The van der Waals surface area contributed by atoms with Gasteiger partial charge in [-0.15, -0.1) is 0 Å². The van der Waals surface area contributed by atoms with Crippen LogP contribution in [0.2, 0.25) is 0 Å². The van der Waals surface area contributed by atoms with E-state index in [4.69, 9.17) is 14.2 Å². The maximum absolute atomic E-state index is 12.9. The third-order valence-electron chi connectivity index (χ3n) is 12.9. The quantitative estimate of drug-likeness (QED) is 0.0261. The van der Waals surface area contributed by atoms with Crippen LogP contribution >= 0.6 is 0 Å². The number of carbonyl (C=O) groups excluding carboxylic acids is 3. The fraction of sp³-hybridized carbons (Fsp3) is 0.643. The van der Waals surface area contributed by atoms with Crippen LogP contribution in [0.1, 0.15) is 271 Å². The standard InChI is InChI=1S/C70H114O6/c1-4-7-10-13-16-19-22-25-28-31-32-33-34-35-36-37-38-40-42-45-48-51-54-57-60-63-69(72)75-66-67(65-74-68(71)62-59-56-53-50-47-44-41-30-27-24-21-18-15-12-9-6-3)76-70(73)64-61-58-55-52-49-46-43-39-29-26-23-20-17-14-11-8-5-2/h7-8,10-11,16-17,19-20,25-26,28-29,32-33,35-36,38,40,43,46,52,55,67H,4-6,9,12-15,18,21-24,27,30-31,34,37,39,41-42,44-45,47-51,53-54,56-66H2,1-3H3/b10-7-,11-8-,19-16-,20-17-,28-25-,29-26-,33-32-,36-35-,40-38-,46-43-,55-52-. The molecule has 0 heterocycles. The highest BCUT2D eigenvalue weighted by Gasteiger charge is 2.19. The molecule has 0 aliphatic rings. The van der Waals surface area contributed by atoms with E-state index in [2.05, 4.69) is 154 Å². The molecule has 0 aromatic heterocycles. The van der Waals surface area contributed by atoms with Crippen molar-refractivity contribution in [2.45, 2.75) is 277 Å². The normalized spacial score (nSPS) is 13.0. The zero-order valence-corrected chi connectivity index (χ0v) is 49.2. The van der Waals surface area contributed by atoms with Crippen LogP contribution in [0.3, 0.4) is 0 Å². The monoisotopic (exact) mass is 1050 g/mol. The minimum absolute atomic E-state index is 0.107. The average molecular weight is 1050 g/mol. The fourth-order valence-electron chi connectivity index (χ4n) is 8.31. The van der Waals surface area contributed by atoms with E-state index in [1.165, 1.54) is 96.3 Å². The van der Waals surface area contributed by atoms with Gasteiger partial charge in [0, 0.05) is 19.3 Å². The summed E-state index contributed by atoms with van der Waals surface area (Å²) in [4.78, 5) is 38.3. The van der Waals surface area contributed by atoms with Gasteiger partial charge in [0.05, 0.1) is 0 Å². The Kier molecular flexibility index (Phi) is 59.4. The van der Waals surface area contributed by atoms with E-state index in [0.29, 0.717) is 19.3 Å². The van der Waals surface area contributed by atoms with Crippen molar-refractivity contribution in [3.05, 3.63) is 134 Å². The summed E-state index contributed by atoms with van der Waals surface area (Å²) in [5.74, 6) is -0.979. The van der Waals surface area contributed by atoms with Crippen molar-refractivity contribution in [1.29, 1.82) is 0 Å². The molecule has 0 N–H and O–H groups in total. The SMILES string of the molecule is CC/C=C\C/C=C\C/C=C\C/C=C\C/C=C\C/C=C\CCCCCCCCC(=O)OCC(COC(=O)CCCCCCCCCCCCCCCCCC)OC(=O)CCC/C=C\C/C=C\C/C=C\C/C=C\C/C=C\CC. The molecular formula is C70H114O6. The third-order valence-corrected chi connectivity index (χ3v) is 12.9. The molecule has 0 amide bonds. The van der Waals surface area contributed by atoms with E-state index in [1.807, 2.05) is 0 Å². The highest BCUT2D eigenvalue weighted by molar-refractivity contribution is 5.71. The molecule has 0 aliphatic heterocycles. The summed E-state index contributed by atoms with van der Waals surface area (Å²) in [7, 11) is 0. The Bertz CT molecular complexity index is 1630. The molecule has 0 saturated carbocycles. The number of esters is 3. The van der Waals surface area contributed by atoms with E-state index in [1.54, 1.807) is 0 Å². The van der Waals surface area contributed by atoms with Crippen molar-refractivity contribution in [3.8, 4) is 0 Å². The maximum atomic E-state index is 12.9. The van der Waals surface area contributed by atoms with Gasteiger partial charge in [0.25, 0.3) is 0 Å². The number of carbonyl (C=O) groups is 3. The molecule has 0 spiro atoms. The molecule has 6 nitrogen and oxygen atoms in total. The second-order valence-corrected chi connectivity index (χ2v) is 20.2. The first-order valence-corrected chi connectivity index (χ1v) is 31.2. The van der Waals surface area contributed by atoms with Crippen molar-refractivity contribution >= 4 is 17.9 Å². The number of rotatable bonds is 55. The van der Waals surface area contributed by atoms with E-state index in [-0.39, 0.29) is 37.5 Å². The van der Waals surface area contributed by atoms with Gasteiger partial charge in [0.1, 0.15) is 13.2 Å². The second kappa shape index (κ2) is 63.1. The zero-order valence-electron chi connectivity index (χ0n) is 49.2. The predicted molar refractivity (Wildman–Crippen MR) is 329 cm³/mol. The van der Waals surface area contributed by atoms with Gasteiger partial charge in [-0.1, -0.05) is 276 Å². The number of ether oxygens (including phenoxy) is 3. The molecule has 0 aromatic rings. The Morgan fingerprint density at radius 3 is 0.842 bits per heavy atom. The summed E-state index contributed by atoms with van der Waals surface area (Å²) in [6, 6.07) is 0. The summed E-state index contributed by atoms with van der Waals surface area (Å²) in [5, 5.41) is 0. The molecule has 6 heteroatoms. The predicted octanol–water partition coefficient (Wildman–Crippen LogP) is 21.4. The molecule has 0 fully saturated rings. The topological polar surface area (TPSA) is 78.9 Å². The Morgan fingerprint density at radius 1 is 0.276 bits per heavy atom. The minimum Gasteiger partial charge on any atom is -0.462 e. The maximum Gasteiger partial charge on any atom is 0.306 e. The first kappa shape index (κ1) is 71.5. The fourth-order valence-corrected chi connectivity index (χ4v) is 8.31. The Balaban J connectivity index is 4.47. The lowest BCUT2D eigenvalue weighted by molar-refractivity contribution is -0.167. The van der Waals surface area contributed by atoms with E-state index in [0.717, 1.165) is 128 Å². The number of unbranched alkanes of at least 4 members (excludes halogenated alkanes) is 22. The molecule has 0 rings (SSSR count). The van der Waals surface area contributed by atoms with Gasteiger partial charge in [-0.3, -0.25) is 14.4 Å².